The molecule has 1 aromatic carbocycles. The van der Waals surface area contributed by atoms with E-state index < -0.39 is 0 Å². The molecule has 0 atom stereocenters. The molecule has 0 unspecified atom stereocenters. The van der Waals surface area contributed by atoms with Crippen LogP contribution < -0.4 is 10.1 Å². The van der Waals surface area contributed by atoms with E-state index in [1.807, 2.05) is 68.4 Å². The van der Waals surface area contributed by atoms with E-state index in [0.29, 0.717) is 29.4 Å². The zero-order valence-electron chi connectivity index (χ0n) is 17.3. The predicted octanol–water partition coefficient (Wildman–Crippen LogP) is 5.76. The number of nitrogens with zero attached hydrogens (tertiary/aromatic N) is 4. The largest absolute Gasteiger partial charge is 0.455 e. The van der Waals surface area contributed by atoms with Gasteiger partial charge in [0, 0.05) is 29.8 Å². The van der Waals surface area contributed by atoms with Crippen LogP contribution in [-0.2, 0) is 6.42 Å². The summed E-state index contributed by atoms with van der Waals surface area (Å²) in [5.74, 6) is 1.93. The molecule has 3 heterocycles. The number of pyridine rings is 3. The van der Waals surface area contributed by atoms with Gasteiger partial charge < -0.3 is 10.1 Å². The fourth-order valence-electron chi connectivity index (χ4n) is 3.06. The van der Waals surface area contributed by atoms with Crippen molar-refractivity contribution in [3.63, 3.8) is 0 Å². The van der Waals surface area contributed by atoms with Crippen molar-refractivity contribution < 1.29 is 4.74 Å². The first-order chi connectivity index (χ1) is 15.1. The van der Waals surface area contributed by atoms with Crippen LogP contribution in [0.1, 0.15) is 16.8 Å². The molecule has 0 bridgehead atoms. The Hall–Kier alpha value is -4.24. The lowest BCUT2D eigenvalue weighted by Gasteiger charge is -2.14. The van der Waals surface area contributed by atoms with Gasteiger partial charge in [0.15, 0.2) is 5.75 Å². The zero-order valence-corrected chi connectivity index (χ0v) is 17.3. The molecule has 0 aliphatic carbocycles. The number of benzene rings is 1. The van der Waals surface area contributed by atoms with Crippen LogP contribution in [0, 0.1) is 25.2 Å². The van der Waals surface area contributed by atoms with E-state index in [0.717, 1.165) is 28.2 Å². The number of aryl methyl sites for hydroxylation is 2. The van der Waals surface area contributed by atoms with E-state index in [2.05, 4.69) is 21.4 Å². The summed E-state index contributed by atoms with van der Waals surface area (Å²) in [4.78, 5) is 13.5. The predicted molar refractivity (Wildman–Crippen MR) is 120 cm³/mol. The zero-order chi connectivity index (χ0) is 21.6. The summed E-state index contributed by atoms with van der Waals surface area (Å²) in [6.45, 7) is 3.98. The molecule has 152 valence electrons. The fraction of sp³-hybridized carbons (Fsp3) is 0.120. The summed E-state index contributed by atoms with van der Waals surface area (Å²) in [7, 11) is 0. The maximum Gasteiger partial charge on any atom is 0.155 e. The lowest BCUT2D eigenvalue weighted by molar-refractivity contribution is 0.481. The van der Waals surface area contributed by atoms with E-state index in [9.17, 15) is 0 Å². The number of aromatic nitrogens is 3. The van der Waals surface area contributed by atoms with Gasteiger partial charge in [0.2, 0.25) is 0 Å². The van der Waals surface area contributed by atoms with E-state index in [-0.39, 0.29) is 0 Å². The third kappa shape index (κ3) is 4.85. The number of hydrogen-bond acceptors (Lipinski definition) is 6. The highest BCUT2D eigenvalue weighted by Crippen LogP contribution is 2.33. The van der Waals surface area contributed by atoms with E-state index in [4.69, 9.17) is 15.0 Å². The number of nitriles is 1. The maximum absolute atomic E-state index is 8.80. The minimum absolute atomic E-state index is 0.393. The molecule has 0 amide bonds. The van der Waals surface area contributed by atoms with Crippen LogP contribution in [-0.4, -0.2) is 15.0 Å². The summed E-state index contributed by atoms with van der Waals surface area (Å²) >= 11 is 0. The molecule has 6 heteroatoms. The molecule has 4 rings (SSSR count). The third-order valence-corrected chi connectivity index (χ3v) is 4.81. The average Bonchev–Trinajstić information content (AvgIpc) is 2.78. The lowest BCUT2D eigenvalue weighted by Crippen LogP contribution is -1.98. The Labute approximate surface area is 181 Å². The number of rotatable bonds is 6. The molecule has 6 nitrogen and oxygen atoms in total. The van der Waals surface area contributed by atoms with Gasteiger partial charge in [0.1, 0.15) is 17.3 Å². The van der Waals surface area contributed by atoms with Gasteiger partial charge in [0.25, 0.3) is 0 Å². The van der Waals surface area contributed by atoms with Crippen molar-refractivity contribution in [2.24, 2.45) is 0 Å². The normalized spacial score (nSPS) is 10.4. The van der Waals surface area contributed by atoms with Crippen LogP contribution in [0.2, 0.25) is 0 Å². The van der Waals surface area contributed by atoms with Crippen LogP contribution in [0.5, 0.6) is 11.5 Å². The van der Waals surface area contributed by atoms with Crippen LogP contribution in [0.15, 0.2) is 73.1 Å². The SMILES string of the molecule is Cc1cc(Oc2ccnc(Nc3ccc(CC#N)cc3)c2)c(-c2ccccn2)nc1C. The van der Waals surface area contributed by atoms with Crippen LogP contribution >= 0.6 is 0 Å². The molecule has 1 N–H and O–H groups in total. The second-order valence-corrected chi connectivity index (χ2v) is 7.09. The van der Waals surface area contributed by atoms with Crippen LogP contribution in [0.25, 0.3) is 11.4 Å². The third-order valence-electron chi connectivity index (χ3n) is 4.81. The van der Waals surface area contributed by atoms with Gasteiger partial charge in [-0.05, 0) is 61.4 Å². The van der Waals surface area contributed by atoms with Gasteiger partial charge in [0.05, 0.1) is 18.2 Å². The Balaban J connectivity index is 1.59. The molecule has 0 aliphatic rings. The number of hydrogen-bond donors (Lipinski definition) is 1. The highest BCUT2D eigenvalue weighted by molar-refractivity contribution is 5.65. The van der Waals surface area contributed by atoms with E-state index in [1.165, 1.54) is 0 Å². The maximum atomic E-state index is 8.80. The molecule has 0 fully saturated rings. The summed E-state index contributed by atoms with van der Waals surface area (Å²) < 4.78 is 6.21. The minimum atomic E-state index is 0.393. The van der Waals surface area contributed by atoms with Crippen molar-refractivity contribution in [3.8, 4) is 29.0 Å². The first-order valence-electron chi connectivity index (χ1n) is 9.89. The first-order valence-corrected chi connectivity index (χ1v) is 9.89. The molecule has 0 radical (unpaired) electrons. The van der Waals surface area contributed by atoms with Crippen LogP contribution in [0.4, 0.5) is 11.5 Å². The van der Waals surface area contributed by atoms with Gasteiger partial charge >= 0.3 is 0 Å². The van der Waals surface area contributed by atoms with Crippen LogP contribution in [0.3, 0.4) is 0 Å². The number of anilines is 2. The molecule has 0 spiro atoms. The number of nitrogens with one attached hydrogen (secondary N) is 1. The standard InChI is InChI=1S/C25H21N5O/c1-17-15-23(25(29-18(17)2)22-5-3-4-13-27-22)31-21-11-14-28-24(16-21)30-20-8-6-19(7-9-20)10-12-26/h3-9,11,13-16H,10H2,1-2H3,(H,28,30). The number of ether oxygens (including phenoxy) is 1. The van der Waals surface area contributed by atoms with Crippen molar-refractivity contribution in [3.05, 3.63) is 89.9 Å². The van der Waals surface area contributed by atoms with Crippen molar-refractivity contribution in [2.75, 3.05) is 5.32 Å². The molecule has 0 aliphatic heterocycles. The molecule has 0 saturated carbocycles. The highest BCUT2D eigenvalue weighted by Gasteiger charge is 2.13. The molecule has 3 aromatic heterocycles. The summed E-state index contributed by atoms with van der Waals surface area (Å²) in [6.07, 6.45) is 3.83. The fourth-order valence-corrected chi connectivity index (χ4v) is 3.06. The summed E-state index contributed by atoms with van der Waals surface area (Å²) in [6, 6.07) is 21.2. The Morgan fingerprint density at radius 3 is 2.55 bits per heavy atom. The Bertz CT molecular complexity index is 1230. The topological polar surface area (TPSA) is 83.7 Å². The van der Waals surface area contributed by atoms with Crippen molar-refractivity contribution in [1.82, 2.24) is 15.0 Å². The molecule has 31 heavy (non-hydrogen) atoms. The summed E-state index contributed by atoms with van der Waals surface area (Å²) in [5.41, 5.74) is 5.29. The highest BCUT2D eigenvalue weighted by atomic mass is 16.5. The first kappa shape index (κ1) is 20.0. The van der Waals surface area contributed by atoms with E-state index >= 15 is 0 Å². The summed E-state index contributed by atoms with van der Waals surface area (Å²) in [5, 5.41) is 12.1. The Morgan fingerprint density at radius 1 is 0.968 bits per heavy atom. The van der Waals surface area contributed by atoms with Crippen molar-refractivity contribution in [1.29, 1.82) is 5.26 Å². The van der Waals surface area contributed by atoms with Crippen molar-refractivity contribution >= 4 is 11.5 Å². The second-order valence-electron chi connectivity index (χ2n) is 7.09. The van der Waals surface area contributed by atoms with Gasteiger partial charge in [-0.1, -0.05) is 18.2 Å². The quantitative estimate of drug-likeness (QED) is 0.438. The van der Waals surface area contributed by atoms with Gasteiger partial charge in [-0.2, -0.15) is 5.26 Å². The molecular formula is C25H21N5O. The Morgan fingerprint density at radius 2 is 1.81 bits per heavy atom. The van der Waals surface area contributed by atoms with Crippen molar-refractivity contribution in [2.45, 2.75) is 20.3 Å². The molecule has 0 saturated heterocycles. The minimum Gasteiger partial charge on any atom is -0.455 e. The second kappa shape index (κ2) is 9.06. The van der Waals surface area contributed by atoms with Gasteiger partial charge in [-0.25, -0.2) is 9.97 Å². The average molecular weight is 407 g/mol. The lowest BCUT2D eigenvalue weighted by atomic mass is 10.1. The smallest absolute Gasteiger partial charge is 0.155 e. The molecular weight excluding hydrogens is 386 g/mol. The van der Waals surface area contributed by atoms with Gasteiger partial charge in [-0.15, -0.1) is 0 Å². The van der Waals surface area contributed by atoms with E-state index in [1.54, 1.807) is 18.5 Å². The monoisotopic (exact) mass is 407 g/mol. The molecule has 4 aromatic rings. The Kier molecular flexibility index (Phi) is 5.86. The van der Waals surface area contributed by atoms with Gasteiger partial charge in [-0.3, -0.25) is 4.98 Å².